The molecule has 1 aliphatic rings. The molecule has 0 bridgehead atoms. The van der Waals surface area contributed by atoms with E-state index in [2.05, 4.69) is 15.2 Å². The lowest BCUT2D eigenvalue weighted by Crippen LogP contribution is -2.43. The van der Waals surface area contributed by atoms with Crippen LogP contribution in [0.5, 0.6) is 0 Å². The molecule has 0 spiro atoms. The molecule has 0 aromatic carbocycles. The smallest absolute Gasteiger partial charge is 0.337 e. The van der Waals surface area contributed by atoms with E-state index in [1.54, 1.807) is 19.1 Å². The van der Waals surface area contributed by atoms with Gasteiger partial charge in [-0.1, -0.05) is 0 Å². The van der Waals surface area contributed by atoms with Crippen molar-refractivity contribution in [3.63, 3.8) is 0 Å². The van der Waals surface area contributed by atoms with Gasteiger partial charge in [0.15, 0.2) is 0 Å². The second-order valence-electron chi connectivity index (χ2n) is 5.52. The van der Waals surface area contributed by atoms with Gasteiger partial charge >= 0.3 is 5.97 Å². The quantitative estimate of drug-likeness (QED) is 0.879. The van der Waals surface area contributed by atoms with Crippen molar-refractivity contribution in [2.75, 3.05) is 18.0 Å². The van der Waals surface area contributed by atoms with Crippen LogP contribution in [0.15, 0.2) is 18.3 Å². The Kier molecular flexibility index (Phi) is 4.77. The van der Waals surface area contributed by atoms with E-state index in [9.17, 15) is 9.59 Å². The normalized spacial score (nSPS) is 17.3. The second kappa shape index (κ2) is 6.56. The van der Waals surface area contributed by atoms with E-state index in [0.29, 0.717) is 5.92 Å². The molecule has 1 aliphatic heterocycles. The van der Waals surface area contributed by atoms with Crippen molar-refractivity contribution >= 4 is 17.7 Å². The van der Waals surface area contributed by atoms with Crippen LogP contribution >= 0.6 is 0 Å². The summed E-state index contributed by atoms with van der Waals surface area (Å²) >= 11 is 0. The van der Waals surface area contributed by atoms with Gasteiger partial charge in [-0.15, -0.1) is 0 Å². The summed E-state index contributed by atoms with van der Waals surface area (Å²) in [5.74, 6) is 0.335. The first kappa shape index (κ1) is 15.3. The van der Waals surface area contributed by atoms with E-state index in [1.165, 1.54) is 6.20 Å². The molecular formula is C15H21N3O3. The number of aromatic carboxylic acids is 1. The predicted octanol–water partition coefficient (Wildman–Crippen LogP) is 1.52. The minimum absolute atomic E-state index is 0.0101. The van der Waals surface area contributed by atoms with Crippen molar-refractivity contribution in [1.29, 1.82) is 0 Å². The number of nitrogens with zero attached hydrogens (tertiary/aromatic N) is 2. The zero-order valence-electron chi connectivity index (χ0n) is 12.4. The van der Waals surface area contributed by atoms with Gasteiger partial charge in [0.25, 0.3) is 0 Å². The van der Waals surface area contributed by atoms with Crippen LogP contribution in [0.2, 0.25) is 0 Å². The molecule has 6 nitrogen and oxygen atoms in total. The highest BCUT2D eigenvalue weighted by atomic mass is 16.4. The first-order chi connectivity index (χ1) is 9.97. The first-order valence-corrected chi connectivity index (χ1v) is 7.18. The van der Waals surface area contributed by atoms with Gasteiger partial charge in [-0.05, 0) is 37.8 Å². The van der Waals surface area contributed by atoms with Crippen LogP contribution in [0.3, 0.4) is 0 Å². The predicted molar refractivity (Wildman–Crippen MR) is 79.4 cm³/mol. The molecule has 1 amide bonds. The lowest BCUT2D eigenvalue weighted by atomic mass is 9.90. The third-order valence-electron chi connectivity index (χ3n) is 4.00. The molecule has 2 N–H and O–H groups in total. The summed E-state index contributed by atoms with van der Waals surface area (Å²) < 4.78 is 0. The Hall–Kier alpha value is -2.11. The number of nitrogens with one attached hydrogen (secondary N) is 1. The van der Waals surface area contributed by atoms with E-state index < -0.39 is 5.97 Å². The molecule has 1 aromatic rings. The molecule has 1 atom stereocenters. The van der Waals surface area contributed by atoms with Gasteiger partial charge in [-0.2, -0.15) is 0 Å². The number of pyridine rings is 1. The molecule has 0 radical (unpaired) electrons. The van der Waals surface area contributed by atoms with Crippen LogP contribution in [0.1, 0.15) is 37.0 Å². The van der Waals surface area contributed by atoms with Crippen LogP contribution in [0.25, 0.3) is 0 Å². The number of rotatable bonds is 4. The molecular weight excluding hydrogens is 270 g/mol. The Bertz CT molecular complexity index is 507. The minimum Gasteiger partial charge on any atom is -0.478 e. The van der Waals surface area contributed by atoms with Crippen LogP contribution in [-0.4, -0.2) is 41.1 Å². The Labute approximate surface area is 124 Å². The van der Waals surface area contributed by atoms with Crippen LogP contribution in [0, 0.1) is 5.92 Å². The molecule has 6 heteroatoms. The van der Waals surface area contributed by atoms with Crippen LogP contribution < -0.4 is 10.2 Å². The van der Waals surface area contributed by atoms with Crippen molar-refractivity contribution in [3.05, 3.63) is 23.9 Å². The van der Waals surface area contributed by atoms with Crippen molar-refractivity contribution < 1.29 is 14.7 Å². The summed E-state index contributed by atoms with van der Waals surface area (Å²) in [7, 11) is 0. The van der Waals surface area contributed by atoms with Gasteiger partial charge in [0.2, 0.25) is 5.91 Å². The summed E-state index contributed by atoms with van der Waals surface area (Å²) in [4.78, 5) is 28.3. The van der Waals surface area contributed by atoms with Crippen molar-refractivity contribution in [2.24, 2.45) is 5.92 Å². The number of carbonyl (C=O) groups is 2. The average molecular weight is 291 g/mol. The molecule has 1 aromatic heterocycles. The Morgan fingerprint density at radius 1 is 1.38 bits per heavy atom. The Morgan fingerprint density at radius 3 is 2.52 bits per heavy atom. The van der Waals surface area contributed by atoms with E-state index in [0.717, 1.165) is 31.7 Å². The van der Waals surface area contributed by atoms with Crippen molar-refractivity contribution in [2.45, 2.75) is 32.7 Å². The monoisotopic (exact) mass is 291 g/mol. The lowest BCUT2D eigenvalue weighted by molar-refractivity contribution is -0.119. The molecule has 0 aliphatic carbocycles. The number of carbonyl (C=O) groups excluding carboxylic acids is 1. The Balaban J connectivity index is 1.91. The fourth-order valence-corrected chi connectivity index (χ4v) is 2.77. The maximum Gasteiger partial charge on any atom is 0.337 e. The molecule has 2 heterocycles. The third-order valence-corrected chi connectivity index (χ3v) is 4.00. The Morgan fingerprint density at radius 2 is 2.05 bits per heavy atom. The number of anilines is 1. The summed E-state index contributed by atoms with van der Waals surface area (Å²) in [6.45, 7) is 5.32. The highest BCUT2D eigenvalue weighted by Crippen LogP contribution is 2.24. The third kappa shape index (κ3) is 3.93. The lowest BCUT2D eigenvalue weighted by Gasteiger charge is -2.35. The average Bonchev–Trinajstić information content (AvgIpc) is 2.47. The number of amides is 1. The fraction of sp³-hybridized carbons (Fsp3) is 0.533. The number of carboxylic acid groups (broad SMARTS) is 1. The number of hydrogen-bond donors (Lipinski definition) is 2. The van der Waals surface area contributed by atoms with Crippen LogP contribution in [-0.2, 0) is 4.79 Å². The highest BCUT2D eigenvalue weighted by molar-refractivity contribution is 5.87. The van der Waals surface area contributed by atoms with Gasteiger partial charge in [0, 0.05) is 32.3 Å². The highest BCUT2D eigenvalue weighted by Gasteiger charge is 2.24. The summed E-state index contributed by atoms with van der Waals surface area (Å²) in [6.07, 6.45) is 3.37. The molecule has 21 heavy (non-hydrogen) atoms. The van der Waals surface area contributed by atoms with E-state index in [4.69, 9.17) is 5.11 Å². The van der Waals surface area contributed by atoms with Crippen LogP contribution in [0.4, 0.5) is 5.82 Å². The number of carboxylic acids is 1. The van der Waals surface area contributed by atoms with Gasteiger partial charge in [-0.3, -0.25) is 4.79 Å². The summed E-state index contributed by atoms with van der Waals surface area (Å²) in [6, 6.07) is 3.52. The largest absolute Gasteiger partial charge is 0.478 e. The fourth-order valence-electron chi connectivity index (χ4n) is 2.77. The molecule has 114 valence electrons. The van der Waals surface area contributed by atoms with Gasteiger partial charge in [0.05, 0.1) is 5.56 Å². The number of aromatic nitrogens is 1. The van der Waals surface area contributed by atoms with Gasteiger partial charge < -0.3 is 15.3 Å². The standard InChI is InChI=1S/C15H21N3O3/c1-10(17-11(2)19)12-5-7-18(8-6-12)14-4-3-13(9-16-14)15(20)21/h3-4,9-10,12H,5-8H2,1-2H3,(H,17,19)(H,20,21). The molecule has 1 fully saturated rings. The van der Waals surface area contributed by atoms with E-state index in [1.807, 2.05) is 6.92 Å². The maximum absolute atomic E-state index is 11.1. The van der Waals surface area contributed by atoms with Crippen molar-refractivity contribution in [1.82, 2.24) is 10.3 Å². The van der Waals surface area contributed by atoms with Crippen molar-refractivity contribution in [3.8, 4) is 0 Å². The first-order valence-electron chi connectivity index (χ1n) is 7.18. The summed E-state index contributed by atoms with van der Waals surface area (Å²) in [5.41, 5.74) is 0.202. The second-order valence-corrected chi connectivity index (χ2v) is 5.52. The molecule has 2 rings (SSSR count). The minimum atomic E-state index is -0.961. The SMILES string of the molecule is CC(=O)NC(C)C1CCN(c2ccc(C(=O)O)cn2)CC1. The van der Waals surface area contributed by atoms with Gasteiger partial charge in [0.1, 0.15) is 5.82 Å². The molecule has 0 saturated carbocycles. The molecule has 1 unspecified atom stereocenters. The molecule has 1 saturated heterocycles. The topological polar surface area (TPSA) is 82.5 Å². The van der Waals surface area contributed by atoms with E-state index >= 15 is 0 Å². The maximum atomic E-state index is 11.1. The zero-order valence-corrected chi connectivity index (χ0v) is 12.4. The van der Waals surface area contributed by atoms with E-state index in [-0.39, 0.29) is 17.5 Å². The number of hydrogen-bond acceptors (Lipinski definition) is 4. The summed E-state index contributed by atoms with van der Waals surface area (Å²) in [5, 5.41) is 11.8. The van der Waals surface area contributed by atoms with Gasteiger partial charge in [-0.25, -0.2) is 9.78 Å². The zero-order chi connectivity index (χ0) is 15.4. The number of piperidine rings is 1.